The average molecular weight is 321 g/mol. The highest BCUT2D eigenvalue weighted by Gasteiger charge is 2.39. The van der Waals surface area contributed by atoms with Gasteiger partial charge < -0.3 is 5.11 Å². The number of hydrogen-bond donors (Lipinski definition) is 1. The summed E-state index contributed by atoms with van der Waals surface area (Å²) in [6.07, 6.45) is 6.07. The molecule has 0 bridgehead atoms. The van der Waals surface area contributed by atoms with Gasteiger partial charge in [0.2, 0.25) is 5.82 Å². The molecule has 1 aromatic heterocycles. The number of nitrogens with zero attached hydrogens (tertiary/aromatic N) is 3. The Morgan fingerprint density at radius 3 is 2.71 bits per heavy atom. The quantitative estimate of drug-likeness (QED) is 0.914. The Morgan fingerprint density at radius 2 is 2.00 bits per heavy atom. The molecule has 24 heavy (non-hydrogen) atoms. The van der Waals surface area contributed by atoms with Gasteiger partial charge in [-0.05, 0) is 25.0 Å². The zero-order valence-electron chi connectivity index (χ0n) is 13.4. The maximum Gasteiger partial charge on any atom is 0.232 e. The SMILES string of the molecule is N#Cc1nccc(C2(CC(=O)Cc3ccccc3O)CCCC2)n1. The summed E-state index contributed by atoms with van der Waals surface area (Å²) in [7, 11) is 0. The molecule has 0 spiro atoms. The van der Waals surface area contributed by atoms with E-state index >= 15 is 0 Å². The van der Waals surface area contributed by atoms with Crippen molar-refractivity contribution < 1.29 is 9.90 Å². The second kappa shape index (κ2) is 6.79. The minimum atomic E-state index is -0.310. The van der Waals surface area contributed by atoms with E-state index in [1.54, 1.807) is 24.4 Å². The van der Waals surface area contributed by atoms with Crippen LogP contribution in [0.5, 0.6) is 5.75 Å². The number of benzene rings is 1. The first kappa shape index (κ1) is 16.1. The molecule has 1 N–H and O–H groups in total. The Kier molecular flexibility index (Phi) is 4.57. The number of aromatic hydroxyl groups is 1. The third kappa shape index (κ3) is 3.28. The van der Waals surface area contributed by atoms with Crippen molar-refractivity contribution in [2.45, 2.75) is 43.9 Å². The Bertz CT molecular complexity index is 789. The van der Waals surface area contributed by atoms with Crippen LogP contribution in [-0.2, 0) is 16.6 Å². The highest BCUT2D eigenvalue weighted by atomic mass is 16.3. The van der Waals surface area contributed by atoms with Crippen molar-refractivity contribution in [1.29, 1.82) is 5.26 Å². The summed E-state index contributed by atoms with van der Waals surface area (Å²) in [5.41, 5.74) is 1.13. The molecule has 0 unspecified atom stereocenters. The number of phenolic OH excluding ortho intramolecular Hbond substituents is 1. The minimum Gasteiger partial charge on any atom is -0.508 e. The van der Waals surface area contributed by atoms with Crippen LogP contribution in [0.1, 0.15) is 49.2 Å². The molecule has 5 nitrogen and oxygen atoms in total. The van der Waals surface area contributed by atoms with Gasteiger partial charge in [-0.1, -0.05) is 31.0 Å². The summed E-state index contributed by atoms with van der Waals surface area (Å²) in [4.78, 5) is 20.9. The Hall–Kier alpha value is -2.74. The van der Waals surface area contributed by atoms with E-state index in [9.17, 15) is 9.90 Å². The van der Waals surface area contributed by atoms with Gasteiger partial charge in [0.15, 0.2) is 0 Å². The van der Waals surface area contributed by atoms with Crippen LogP contribution < -0.4 is 0 Å². The summed E-state index contributed by atoms with van der Waals surface area (Å²) in [5, 5.41) is 18.9. The van der Waals surface area contributed by atoms with Crippen LogP contribution in [0.15, 0.2) is 36.5 Å². The molecule has 1 aliphatic rings. The minimum absolute atomic E-state index is 0.0792. The molecule has 5 heteroatoms. The smallest absolute Gasteiger partial charge is 0.232 e. The molecular weight excluding hydrogens is 302 g/mol. The van der Waals surface area contributed by atoms with E-state index < -0.39 is 0 Å². The van der Waals surface area contributed by atoms with Gasteiger partial charge in [-0.25, -0.2) is 9.97 Å². The lowest BCUT2D eigenvalue weighted by molar-refractivity contribution is -0.119. The maximum atomic E-state index is 12.6. The number of phenols is 1. The molecule has 0 saturated heterocycles. The van der Waals surface area contributed by atoms with Crippen LogP contribution in [0.3, 0.4) is 0 Å². The number of ketones is 1. The fraction of sp³-hybridized carbons (Fsp3) is 0.368. The molecule has 3 rings (SSSR count). The first-order valence-electron chi connectivity index (χ1n) is 8.15. The van der Waals surface area contributed by atoms with E-state index in [4.69, 9.17) is 5.26 Å². The van der Waals surface area contributed by atoms with Crippen molar-refractivity contribution >= 4 is 5.78 Å². The highest BCUT2D eigenvalue weighted by Crippen LogP contribution is 2.43. The number of nitriles is 1. The normalized spacial score (nSPS) is 15.8. The van der Waals surface area contributed by atoms with Crippen molar-refractivity contribution in [3.05, 3.63) is 53.6 Å². The fourth-order valence-corrected chi connectivity index (χ4v) is 3.60. The van der Waals surface area contributed by atoms with Gasteiger partial charge in [0.25, 0.3) is 0 Å². The molecule has 1 heterocycles. The third-order valence-corrected chi connectivity index (χ3v) is 4.77. The largest absolute Gasteiger partial charge is 0.508 e. The van der Waals surface area contributed by atoms with Crippen LogP contribution in [-0.4, -0.2) is 20.9 Å². The van der Waals surface area contributed by atoms with Crippen molar-refractivity contribution in [3.63, 3.8) is 0 Å². The lowest BCUT2D eigenvalue weighted by Gasteiger charge is -2.27. The van der Waals surface area contributed by atoms with E-state index in [0.717, 1.165) is 31.4 Å². The second-order valence-electron chi connectivity index (χ2n) is 6.39. The van der Waals surface area contributed by atoms with E-state index in [1.807, 2.05) is 18.2 Å². The van der Waals surface area contributed by atoms with Crippen molar-refractivity contribution in [3.8, 4) is 11.8 Å². The molecule has 1 aliphatic carbocycles. The summed E-state index contributed by atoms with van der Waals surface area (Å²) >= 11 is 0. The summed E-state index contributed by atoms with van der Waals surface area (Å²) < 4.78 is 0. The Morgan fingerprint density at radius 1 is 1.25 bits per heavy atom. The topological polar surface area (TPSA) is 86.9 Å². The first-order chi connectivity index (χ1) is 11.6. The standard InChI is InChI=1S/C19H19N3O2/c20-13-18-21-10-7-17(22-18)19(8-3-4-9-19)12-15(23)11-14-5-1-2-6-16(14)24/h1-2,5-7,10,24H,3-4,8-9,11-12H2. The second-order valence-corrected chi connectivity index (χ2v) is 6.39. The molecule has 0 radical (unpaired) electrons. The van der Waals surface area contributed by atoms with Gasteiger partial charge in [0.1, 0.15) is 17.6 Å². The number of hydrogen-bond acceptors (Lipinski definition) is 5. The van der Waals surface area contributed by atoms with E-state index in [1.165, 1.54) is 0 Å². The predicted octanol–water partition coefficient (Wildman–Crippen LogP) is 3.07. The molecule has 1 saturated carbocycles. The van der Waals surface area contributed by atoms with Gasteiger partial charge in [0, 0.05) is 30.0 Å². The van der Waals surface area contributed by atoms with Crippen molar-refractivity contribution in [2.24, 2.45) is 0 Å². The van der Waals surface area contributed by atoms with E-state index in [-0.39, 0.29) is 29.2 Å². The number of carbonyl (C=O) groups is 1. The van der Waals surface area contributed by atoms with Gasteiger partial charge >= 0.3 is 0 Å². The molecule has 1 aromatic carbocycles. The summed E-state index contributed by atoms with van der Waals surface area (Å²) in [5.74, 6) is 0.377. The molecule has 2 aromatic rings. The maximum absolute atomic E-state index is 12.6. The molecular formula is C19H19N3O2. The zero-order valence-corrected chi connectivity index (χ0v) is 13.4. The Labute approximate surface area is 141 Å². The van der Waals surface area contributed by atoms with Crippen LogP contribution in [0.4, 0.5) is 0 Å². The van der Waals surface area contributed by atoms with E-state index in [2.05, 4.69) is 9.97 Å². The third-order valence-electron chi connectivity index (χ3n) is 4.77. The molecule has 1 fully saturated rings. The average Bonchev–Trinajstić information content (AvgIpc) is 3.06. The lowest BCUT2D eigenvalue weighted by Crippen LogP contribution is -2.28. The van der Waals surface area contributed by atoms with Gasteiger partial charge in [-0.15, -0.1) is 0 Å². The molecule has 0 amide bonds. The predicted molar refractivity (Wildman–Crippen MR) is 88.3 cm³/mol. The summed E-state index contributed by atoms with van der Waals surface area (Å²) in [6, 6.07) is 10.7. The summed E-state index contributed by atoms with van der Waals surface area (Å²) in [6.45, 7) is 0. The fourth-order valence-electron chi connectivity index (χ4n) is 3.60. The molecule has 0 aliphatic heterocycles. The molecule has 0 atom stereocenters. The number of para-hydroxylation sites is 1. The number of rotatable bonds is 5. The zero-order chi connectivity index (χ0) is 17.0. The number of carbonyl (C=O) groups excluding carboxylic acids is 1. The van der Waals surface area contributed by atoms with Gasteiger partial charge in [0.05, 0.1) is 5.69 Å². The number of Topliss-reactive ketones (excluding diaryl/α,β-unsaturated/α-hetero) is 1. The van der Waals surface area contributed by atoms with Crippen LogP contribution in [0.2, 0.25) is 0 Å². The van der Waals surface area contributed by atoms with Crippen molar-refractivity contribution in [2.75, 3.05) is 0 Å². The van der Waals surface area contributed by atoms with Gasteiger partial charge in [-0.2, -0.15) is 5.26 Å². The van der Waals surface area contributed by atoms with Crippen LogP contribution in [0, 0.1) is 11.3 Å². The van der Waals surface area contributed by atoms with Crippen LogP contribution >= 0.6 is 0 Å². The first-order valence-corrected chi connectivity index (χ1v) is 8.15. The lowest BCUT2D eigenvalue weighted by atomic mass is 9.77. The van der Waals surface area contributed by atoms with Gasteiger partial charge in [-0.3, -0.25) is 4.79 Å². The number of aromatic nitrogens is 2. The van der Waals surface area contributed by atoms with Crippen LogP contribution in [0.25, 0.3) is 0 Å². The van der Waals surface area contributed by atoms with E-state index in [0.29, 0.717) is 12.0 Å². The Balaban J connectivity index is 1.82. The highest BCUT2D eigenvalue weighted by molar-refractivity contribution is 5.83. The molecule has 122 valence electrons. The monoisotopic (exact) mass is 321 g/mol. The van der Waals surface area contributed by atoms with Crippen molar-refractivity contribution in [1.82, 2.24) is 9.97 Å².